The van der Waals surface area contributed by atoms with Crippen molar-refractivity contribution in [3.8, 4) is 0 Å². The minimum atomic E-state index is 0.516. The molecule has 0 bridgehead atoms. The van der Waals surface area contributed by atoms with Gasteiger partial charge in [0.2, 0.25) is 0 Å². The van der Waals surface area contributed by atoms with Crippen LogP contribution in [-0.2, 0) is 6.54 Å². The number of nitrogens with one attached hydrogen (secondary N) is 2. The summed E-state index contributed by atoms with van der Waals surface area (Å²) in [7, 11) is 0. The summed E-state index contributed by atoms with van der Waals surface area (Å²) in [5.41, 5.74) is 0. The first-order chi connectivity index (χ1) is 9.70. The van der Waals surface area contributed by atoms with Crippen LogP contribution in [0, 0.1) is 0 Å². The molecule has 2 N–H and O–H groups in total. The average molecular weight is 314 g/mol. The molecule has 0 aromatic carbocycles. The van der Waals surface area contributed by atoms with E-state index in [0.717, 1.165) is 19.5 Å². The van der Waals surface area contributed by atoms with Gasteiger partial charge in [-0.3, -0.25) is 0 Å². The van der Waals surface area contributed by atoms with Crippen molar-refractivity contribution in [2.24, 2.45) is 0 Å². The van der Waals surface area contributed by atoms with E-state index in [1.165, 1.54) is 0 Å². The van der Waals surface area contributed by atoms with Crippen LogP contribution in [-0.4, -0.2) is 27.6 Å². The highest BCUT2D eigenvalue weighted by atomic mass is 35.5. The monoisotopic (exact) mass is 313 g/mol. The first kappa shape index (κ1) is 14.9. The number of pyridine rings is 1. The van der Waals surface area contributed by atoms with Gasteiger partial charge in [-0.25, -0.2) is 9.97 Å². The highest BCUT2D eigenvalue weighted by molar-refractivity contribution is 6.37. The molecule has 0 spiro atoms. The van der Waals surface area contributed by atoms with Crippen molar-refractivity contribution in [2.45, 2.75) is 19.9 Å². The number of hydrogen-bond acceptors (Lipinski definition) is 4. The smallest absolute Gasteiger partial charge is 0.147 e. The van der Waals surface area contributed by atoms with Crippen molar-refractivity contribution < 1.29 is 0 Å². The molecule has 0 radical (unpaired) electrons. The van der Waals surface area contributed by atoms with Gasteiger partial charge >= 0.3 is 0 Å². The summed E-state index contributed by atoms with van der Waals surface area (Å²) in [5.74, 6) is 1.29. The number of rotatable bonds is 7. The zero-order chi connectivity index (χ0) is 14.4. The third kappa shape index (κ3) is 4.02. The predicted molar refractivity (Wildman–Crippen MR) is 83.8 cm³/mol. The Labute approximate surface area is 128 Å². The molecule has 0 saturated carbocycles. The molecule has 20 heavy (non-hydrogen) atoms. The maximum atomic E-state index is 6.14. The SMILES string of the molecule is CCCNc1nc(NCCn2ccnc2)c(Cl)cc1Cl. The molecule has 0 atom stereocenters. The van der Waals surface area contributed by atoms with Gasteiger partial charge in [0, 0.05) is 32.0 Å². The predicted octanol–water partition coefficient (Wildman–Crippen LogP) is 3.52. The fourth-order valence-electron chi connectivity index (χ4n) is 1.68. The molecule has 108 valence electrons. The van der Waals surface area contributed by atoms with Crippen LogP contribution in [0.25, 0.3) is 0 Å². The maximum Gasteiger partial charge on any atom is 0.147 e. The van der Waals surface area contributed by atoms with Gasteiger partial charge < -0.3 is 15.2 Å². The van der Waals surface area contributed by atoms with Crippen molar-refractivity contribution >= 4 is 34.8 Å². The fourth-order valence-corrected chi connectivity index (χ4v) is 2.17. The minimum absolute atomic E-state index is 0.516. The molecule has 2 heterocycles. The van der Waals surface area contributed by atoms with Gasteiger partial charge in [-0.2, -0.15) is 0 Å². The van der Waals surface area contributed by atoms with E-state index in [4.69, 9.17) is 23.2 Å². The molecule has 0 aliphatic carbocycles. The summed E-state index contributed by atoms with van der Waals surface area (Å²) in [5, 5.41) is 7.43. The summed E-state index contributed by atoms with van der Waals surface area (Å²) in [4.78, 5) is 8.41. The molecule has 0 amide bonds. The lowest BCUT2D eigenvalue weighted by Gasteiger charge is -2.12. The van der Waals surface area contributed by atoms with E-state index in [2.05, 4.69) is 27.5 Å². The van der Waals surface area contributed by atoms with Crippen molar-refractivity contribution in [1.82, 2.24) is 14.5 Å². The van der Waals surface area contributed by atoms with Crippen molar-refractivity contribution in [3.63, 3.8) is 0 Å². The standard InChI is InChI=1S/C13H17Cl2N5/c1-2-3-17-12-10(14)8-11(15)13(19-12)18-5-7-20-6-4-16-9-20/h4,6,8-9H,2-3,5,7H2,1H3,(H2,17,18,19). The molecule has 0 aliphatic heterocycles. The van der Waals surface area contributed by atoms with Crippen LogP contribution in [0.1, 0.15) is 13.3 Å². The van der Waals surface area contributed by atoms with Crippen LogP contribution in [0.5, 0.6) is 0 Å². The normalized spacial score (nSPS) is 10.6. The lowest BCUT2D eigenvalue weighted by Crippen LogP contribution is -2.12. The first-order valence-corrected chi connectivity index (χ1v) is 7.26. The summed E-state index contributed by atoms with van der Waals surface area (Å²) in [6.07, 6.45) is 6.43. The van der Waals surface area contributed by atoms with Gasteiger partial charge in [0.05, 0.1) is 16.4 Å². The van der Waals surface area contributed by atoms with Crippen LogP contribution in [0.15, 0.2) is 24.8 Å². The van der Waals surface area contributed by atoms with E-state index in [1.807, 2.05) is 10.8 Å². The number of imidazole rings is 1. The molecular formula is C13H17Cl2N5. The third-order valence-electron chi connectivity index (χ3n) is 2.69. The Balaban J connectivity index is 1.99. The molecule has 0 fully saturated rings. The average Bonchev–Trinajstić information content (AvgIpc) is 2.93. The topological polar surface area (TPSA) is 54.8 Å². The number of anilines is 2. The van der Waals surface area contributed by atoms with Crippen LogP contribution < -0.4 is 10.6 Å². The molecule has 2 aromatic rings. The zero-order valence-corrected chi connectivity index (χ0v) is 12.7. The molecule has 2 aromatic heterocycles. The molecule has 0 aliphatic rings. The van der Waals surface area contributed by atoms with E-state index in [1.54, 1.807) is 18.6 Å². The van der Waals surface area contributed by atoms with E-state index in [9.17, 15) is 0 Å². The Hall–Kier alpha value is -1.46. The van der Waals surface area contributed by atoms with E-state index in [-0.39, 0.29) is 0 Å². The van der Waals surface area contributed by atoms with Crippen molar-refractivity contribution in [2.75, 3.05) is 23.7 Å². The molecule has 5 nitrogen and oxygen atoms in total. The van der Waals surface area contributed by atoms with E-state index >= 15 is 0 Å². The van der Waals surface area contributed by atoms with Gasteiger partial charge in [-0.1, -0.05) is 30.1 Å². The zero-order valence-electron chi connectivity index (χ0n) is 11.2. The van der Waals surface area contributed by atoms with Gasteiger partial charge in [-0.05, 0) is 12.5 Å². The van der Waals surface area contributed by atoms with E-state index in [0.29, 0.717) is 28.2 Å². The van der Waals surface area contributed by atoms with Crippen LogP contribution >= 0.6 is 23.2 Å². The van der Waals surface area contributed by atoms with Crippen LogP contribution in [0.3, 0.4) is 0 Å². The second kappa shape index (κ2) is 7.36. The molecule has 0 saturated heterocycles. The minimum Gasteiger partial charge on any atom is -0.369 e. The van der Waals surface area contributed by atoms with Crippen LogP contribution in [0.4, 0.5) is 11.6 Å². The molecule has 2 rings (SSSR count). The lowest BCUT2D eigenvalue weighted by molar-refractivity contribution is 0.725. The molecule has 7 heteroatoms. The number of aromatic nitrogens is 3. The molecular weight excluding hydrogens is 297 g/mol. The van der Waals surface area contributed by atoms with Gasteiger partial charge in [0.1, 0.15) is 11.6 Å². The largest absolute Gasteiger partial charge is 0.369 e. The third-order valence-corrected chi connectivity index (χ3v) is 3.27. The second-order valence-electron chi connectivity index (χ2n) is 4.30. The Kier molecular flexibility index (Phi) is 5.49. The highest BCUT2D eigenvalue weighted by Crippen LogP contribution is 2.29. The Bertz CT molecular complexity index is 542. The van der Waals surface area contributed by atoms with Gasteiger partial charge in [0.25, 0.3) is 0 Å². The summed E-state index contributed by atoms with van der Waals surface area (Å²) in [6.45, 7) is 4.40. The first-order valence-electron chi connectivity index (χ1n) is 6.50. The summed E-state index contributed by atoms with van der Waals surface area (Å²) < 4.78 is 1.98. The second-order valence-corrected chi connectivity index (χ2v) is 5.12. The van der Waals surface area contributed by atoms with Crippen molar-refractivity contribution in [3.05, 3.63) is 34.8 Å². The Morgan fingerprint density at radius 2 is 1.85 bits per heavy atom. The maximum absolute atomic E-state index is 6.14. The van der Waals surface area contributed by atoms with Gasteiger partial charge in [0.15, 0.2) is 0 Å². The number of hydrogen-bond donors (Lipinski definition) is 2. The van der Waals surface area contributed by atoms with Crippen LogP contribution in [0.2, 0.25) is 10.0 Å². The fraction of sp³-hybridized carbons (Fsp3) is 0.385. The molecule has 0 unspecified atom stereocenters. The highest BCUT2D eigenvalue weighted by Gasteiger charge is 2.08. The number of halogens is 2. The Morgan fingerprint density at radius 3 is 2.45 bits per heavy atom. The summed E-state index contributed by atoms with van der Waals surface area (Å²) in [6, 6.07) is 1.70. The Morgan fingerprint density at radius 1 is 1.15 bits per heavy atom. The van der Waals surface area contributed by atoms with Crippen molar-refractivity contribution in [1.29, 1.82) is 0 Å². The van der Waals surface area contributed by atoms with E-state index < -0.39 is 0 Å². The quantitative estimate of drug-likeness (QED) is 0.821. The lowest BCUT2D eigenvalue weighted by atomic mass is 10.4. The van der Waals surface area contributed by atoms with Gasteiger partial charge in [-0.15, -0.1) is 0 Å². The summed E-state index contributed by atoms with van der Waals surface area (Å²) >= 11 is 12.2. The number of nitrogens with zero attached hydrogens (tertiary/aromatic N) is 3.